The number of hydrogen-bond donors (Lipinski definition) is 2. The van der Waals surface area contributed by atoms with E-state index in [0.29, 0.717) is 22.9 Å². The number of carboxylic acid groups (broad SMARTS) is 2. The molecule has 35 heavy (non-hydrogen) atoms. The van der Waals surface area contributed by atoms with Crippen LogP contribution in [0.5, 0.6) is 0 Å². The highest BCUT2D eigenvalue weighted by Crippen LogP contribution is 2.27. The zero-order chi connectivity index (χ0) is 24.7. The van der Waals surface area contributed by atoms with Crippen LogP contribution < -0.4 is 0 Å². The van der Waals surface area contributed by atoms with E-state index < -0.39 is 34.7 Å². The van der Waals surface area contributed by atoms with Crippen LogP contribution in [0.1, 0.15) is 20.7 Å². The topological polar surface area (TPSA) is 149 Å². The number of carboxylic acids is 2. The molecule has 0 aliphatic heterocycles. The molecule has 3 aromatic heterocycles. The number of furan rings is 1. The number of aromatic carboxylic acids is 2. The Bertz CT molecular complexity index is 1490. The first-order valence-corrected chi connectivity index (χ1v) is 9.82. The van der Waals surface area contributed by atoms with E-state index in [1.54, 1.807) is 12.1 Å². The zero-order valence-electron chi connectivity index (χ0n) is 17.3. The van der Waals surface area contributed by atoms with Crippen LogP contribution in [0.4, 0.5) is 8.78 Å². The van der Waals surface area contributed by atoms with E-state index in [2.05, 4.69) is 20.6 Å². The highest BCUT2D eigenvalue weighted by Gasteiger charge is 2.17. The zero-order valence-corrected chi connectivity index (χ0v) is 17.3. The number of carbonyl (C=O) groups is 2. The standard InChI is InChI=1S/C22H12F2N6O5/c23-15-7-11(1-3-13(15)21(31)32)29-9-17(25-27-29)19-5-6-20(35-19)18-10-30(28-26-18)12-2-4-14(22(33)34)16(24)8-12/h1-10H,(H,31,32)(H,33,34). The van der Waals surface area contributed by atoms with Gasteiger partial charge in [0, 0.05) is 12.1 Å². The molecule has 0 bridgehead atoms. The third-order valence-corrected chi connectivity index (χ3v) is 4.99. The molecule has 0 amide bonds. The van der Waals surface area contributed by atoms with Crippen molar-refractivity contribution in [2.45, 2.75) is 0 Å². The van der Waals surface area contributed by atoms with Gasteiger partial charge in [-0.05, 0) is 36.4 Å². The van der Waals surface area contributed by atoms with Gasteiger partial charge in [0.25, 0.3) is 0 Å². The van der Waals surface area contributed by atoms with Crippen molar-refractivity contribution in [1.29, 1.82) is 0 Å². The van der Waals surface area contributed by atoms with Crippen LogP contribution in [0.15, 0.2) is 65.3 Å². The molecule has 0 radical (unpaired) electrons. The van der Waals surface area contributed by atoms with Crippen molar-refractivity contribution in [3.63, 3.8) is 0 Å². The maximum absolute atomic E-state index is 14.0. The number of rotatable bonds is 6. The summed E-state index contributed by atoms with van der Waals surface area (Å²) in [6.07, 6.45) is 2.95. The predicted molar refractivity (Wildman–Crippen MR) is 113 cm³/mol. The van der Waals surface area contributed by atoms with Crippen LogP contribution in [0.3, 0.4) is 0 Å². The average Bonchev–Trinajstić information content (AvgIpc) is 3.58. The highest BCUT2D eigenvalue weighted by atomic mass is 19.1. The van der Waals surface area contributed by atoms with Gasteiger partial charge < -0.3 is 14.6 Å². The van der Waals surface area contributed by atoms with Crippen molar-refractivity contribution in [3.8, 4) is 34.3 Å². The van der Waals surface area contributed by atoms with Gasteiger partial charge in [-0.1, -0.05) is 10.4 Å². The molecule has 0 saturated heterocycles. The maximum atomic E-state index is 14.0. The van der Waals surface area contributed by atoms with Crippen molar-refractivity contribution in [1.82, 2.24) is 30.0 Å². The van der Waals surface area contributed by atoms with Gasteiger partial charge in [-0.2, -0.15) is 0 Å². The minimum absolute atomic E-state index is 0.266. The van der Waals surface area contributed by atoms with Gasteiger partial charge >= 0.3 is 11.9 Å². The predicted octanol–water partition coefficient (Wildman–Crippen LogP) is 3.45. The average molecular weight is 478 g/mol. The molecule has 3 heterocycles. The van der Waals surface area contributed by atoms with Crippen molar-refractivity contribution in [3.05, 3.63) is 83.7 Å². The molecule has 0 atom stereocenters. The van der Waals surface area contributed by atoms with E-state index in [0.717, 1.165) is 24.3 Å². The molecule has 13 heteroatoms. The van der Waals surface area contributed by atoms with Crippen LogP contribution in [0, 0.1) is 11.6 Å². The second-order valence-corrected chi connectivity index (χ2v) is 7.20. The number of halogens is 2. The molecule has 0 saturated carbocycles. The Labute approximate surface area is 193 Å². The molecular weight excluding hydrogens is 466 g/mol. The van der Waals surface area contributed by atoms with Crippen LogP contribution in [0.25, 0.3) is 34.3 Å². The summed E-state index contributed by atoms with van der Waals surface area (Å²) < 4.78 is 36.3. The number of aromatic nitrogens is 6. The number of benzene rings is 2. The van der Waals surface area contributed by atoms with Crippen molar-refractivity contribution >= 4 is 11.9 Å². The molecule has 0 spiro atoms. The highest BCUT2D eigenvalue weighted by molar-refractivity contribution is 5.88. The van der Waals surface area contributed by atoms with Crippen LogP contribution in [-0.2, 0) is 0 Å². The Morgan fingerprint density at radius 1 is 0.714 bits per heavy atom. The van der Waals surface area contributed by atoms with Gasteiger partial charge in [0.2, 0.25) is 0 Å². The second kappa shape index (κ2) is 8.30. The molecule has 5 rings (SSSR count). The molecule has 0 aliphatic carbocycles. The lowest BCUT2D eigenvalue weighted by Crippen LogP contribution is -2.03. The first-order valence-electron chi connectivity index (χ1n) is 9.82. The molecule has 0 unspecified atom stereocenters. The first-order chi connectivity index (χ1) is 16.8. The second-order valence-electron chi connectivity index (χ2n) is 7.20. The van der Waals surface area contributed by atoms with Crippen molar-refractivity contribution in [2.24, 2.45) is 0 Å². The van der Waals surface area contributed by atoms with Gasteiger partial charge in [0.15, 0.2) is 11.5 Å². The van der Waals surface area contributed by atoms with Crippen molar-refractivity contribution < 1.29 is 33.0 Å². The van der Waals surface area contributed by atoms with E-state index in [1.165, 1.54) is 33.9 Å². The molecule has 0 aliphatic rings. The molecule has 2 aromatic carbocycles. The lowest BCUT2D eigenvalue weighted by molar-refractivity contribution is 0.0680. The Kier molecular flexibility index (Phi) is 5.13. The minimum Gasteiger partial charge on any atom is -0.478 e. The molecule has 0 fully saturated rings. The fourth-order valence-electron chi connectivity index (χ4n) is 3.26. The molecule has 174 valence electrons. The van der Waals surface area contributed by atoms with E-state index in [-0.39, 0.29) is 11.4 Å². The van der Waals surface area contributed by atoms with Gasteiger partial charge in [-0.3, -0.25) is 0 Å². The number of nitrogens with zero attached hydrogens (tertiary/aromatic N) is 6. The summed E-state index contributed by atoms with van der Waals surface area (Å²) in [5, 5.41) is 33.7. The molecule has 5 aromatic rings. The first kappa shape index (κ1) is 21.6. The Hall–Kier alpha value is -5.20. The smallest absolute Gasteiger partial charge is 0.338 e. The van der Waals surface area contributed by atoms with Crippen molar-refractivity contribution in [2.75, 3.05) is 0 Å². The molecular formula is C22H12F2N6O5. The largest absolute Gasteiger partial charge is 0.478 e. The SMILES string of the molecule is O=C(O)c1ccc(-n2cc(-c3ccc(-c4cn(-c5ccc(C(=O)O)c(F)c5)nn4)o3)nn2)cc1F. The van der Waals surface area contributed by atoms with Crippen LogP contribution >= 0.6 is 0 Å². The monoisotopic (exact) mass is 478 g/mol. The lowest BCUT2D eigenvalue weighted by Gasteiger charge is -2.02. The Morgan fingerprint density at radius 3 is 1.51 bits per heavy atom. The summed E-state index contributed by atoms with van der Waals surface area (Å²) in [6, 6.07) is 10.3. The summed E-state index contributed by atoms with van der Waals surface area (Å²) in [4.78, 5) is 22.0. The fraction of sp³-hybridized carbons (Fsp3) is 0. The summed E-state index contributed by atoms with van der Waals surface area (Å²) in [5.74, 6) is -3.94. The summed E-state index contributed by atoms with van der Waals surface area (Å²) in [6.45, 7) is 0. The Morgan fingerprint density at radius 2 is 1.14 bits per heavy atom. The third-order valence-electron chi connectivity index (χ3n) is 4.99. The summed E-state index contributed by atoms with van der Waals surface area (Å²) >= 11 is 0. The lowest BCUT2D eigenvalue weighted by atomic mass is 10.2. The number of hydrogen-bond acceptors (Lipinski definition) is 7. The van der Waals surface area contributed by atoms with E-state index in [1.807, 2.05) is 0 Å². The van der Waals surface area contributed by atoms with Gasteiger partial charge in [0.05, 0.1) is 34.9 Å². The van der Waals surface area contributed by atoms with Crippen LogP contribution in [0.2, 0.25) is 0 Å². The van der Waals surface area contributed by atoms with E-state index in [9.17, 15) is 18.4 Å². The van der Waals surface area contributed by atoms with Gasteiger partial charge in [0.1, 0.15) is 23.0 Å². The van der Waals surface area contributed by atoms with Gasteiger partial charge in [-0.15, -0.1) is 10.2 Å². The van der Waals surface area contributed by atoms with E-state index in [4.69, 9.17) is 14.6 Å². The third kappa shape index (κ3) is 4.01. The maximum Gasteiger partial charge on any atom is 0.338 e. The minimum atomic E-state index is -1.38. The summed E-state index contributed by atoms with van der Waals surface area (Å²) in [7, 11) is 0. The quantitative estimate of drug-likeness (QED) is 0.374. The van der Waals surface area contributed by atoms with E-state index >= 15 is 0 Å². The molecule has 2 N–H and O–H groups in total. The summed E-state index contributed by atoms with van der Waals surface area (Å²) in [5.41, 5.74) is 0.247. The normalized spacial score (nSPS) is 11.0. The molecule has 11 nitrogen and oxygen atoms in total. The van der Waals surface area contributed by atoms with Crippen LogP contribution in [-0.4, -0.2) is 52.1 Å². The Balaban J connectivity index is 1.38. The van der Waals surface area contributed by atoms with Gasteiger partial charge in [-0.25, -0.2) is 27.7 Å². The fourth-order valence-corrected chi connectivity index (χ4v) is 3.26.